The van der Waals surface area contributed by atoms with Gasteiger partial charge in [0.2, 0.25) is 0 Å². The molecule has 0 aromatic heterocycles. The van der Waals surface area contributed by atoms with Crippen molar-refractivity contribution in [3.05, 3.63) is 35.4 Å². The van der Waals surface area contributed by atoms with Crippen LogP contribution in [0.4, 0.5) is 0 Å². The van der Waals surface area contributed by atoms with E-state index in [1.165, 1.54) is 0 Å². The Hall–Kier alpha value is -1.92. The summed E-state index contributed by atoms with van der Waals surface area (Å²) in [5.41, 5.74) is 1.07. The Bertz CT molecular complexity index is 541. The summed E-state index contributed by atoms with van der Waals surface area (Å²) in [7, 11) is 1.75. The first kappa shape index (κ1) is 17.4. The number of hydrogen-bond acceptors (Lipinski definition) is 4. The van der Waals surface area contributed by atoms with Crippen molar-refractivity contribution < 1.29 is 9.59 Å². The summed E-state index contributed by atoms with van der Waals surface area (Å²) in [6.07, 6.45) is 0. The molecule has 0 aliphatic carbocycles. The van der Waals surface area contributed by atoms with Crippen LogP contribution >= 0.6 is 0 Å². The van der Waals surface area contributed by atoms with E-state index in [2.05, 4.69) is 15.5 Å². The van der Waals surface area contributed by atoms with Crippen molar-refractivity contribution in [3.63, 3.8) is 0 Å². The van der Waals surface area contributed by atoms with Gasteiger partial charge < -0.3 is 15.5 Å². The lowest BCUT2D eigenvalue weighted by Crippen LogP contribution is -2.46. The van der Waals surface area contributed by atoms with Crippen LogP contribution in [-0.4, -0.2) is 74.5 Å². The third kappa shape index (κ3) is 5.04. The highest BCUT2D eigenvalue weighted by molar-refractivity contribution is 5.99. The van der Waals surface area contributed by atoms with Crippen molar-refractivity contribution in [3.8, 4) is 0 Å². The van der Waals surface area contributed by atoms with Gasteiger partial charge in [0.1, 0.15) is 0 Å². The van der Waals surface area contributed by atoms with Crippen molar-refractivity contribution in [2.24, 2.45) is 0 Å². The molecule has 126 valence electrons. The number of piperazine rings is 1. The minimum Gasteiger partial charge on any atom is -0.351 e. The Morgan fingerprint density at radius 1 is 1.26 bits per heavy atom. The highest BCUT2D eigenvalue weighted by atomic mass is 16.2. The molecule has 1 fully saturated rings. The predicted molar refractivity (Wildman–Crippen MR) is 90.7 cm³/mol. The van der Waals surface area contributed by atoms with E-state index in [4.69, 9.17) is 0 Å². The number of amides is 2. The normalized spacial score (nSPS) is 15.2. The molecule has 0 spiro atoms. The lowest BCUT2D eigenvalue weighted by atomic mass is 10.1. The molecule has 0 atom stereocenters. The highest BCUT2D eigenvalue weighted by Crippen LogP contribution is 2.08. The largest absolute Gasteiger partial charge is 0.351 e. The molecule has 6 heteroatoms. The smallest absolute Gasteiger partial charge is 0.253 e. The highest BCUT2D eigenvalue weighted by Gasteiger charge is 2.13. The Kier molecular flexibility index (Phi) is 6.55. The van der Waals surface area contributed by atoms with Crippen molar-refractivity contribution in [1.29, 1.82) is 0 Å². The Morgan fingerprint density at radius 2 is 1.96 bits per heavy atom. The second kappa shape index (κ2) is 8.64. The van der Waals surface area contributed by atoms with Gasteiger partial charge in [-0.25, -0.2) is 0 Å². The second-order valence-corrected chi connectivity index (χ2v) is 5.75. The summed E-state index contributed by atoms with van der Waals surface area (Å²) in [6.45, 7) is 8.07. The maximum atomic E-state index is 12.2. The first-order valence-electron chi connectivity index (χ1n) is 8.18. The number of nitrogens with one attached hydrogen (secondary N) is 2. The fourth-order valence-corrected chi connectivity index (χ4v) is 2.52. The molecule has 23 heavy (non-hydrogen) atoms. The molecule has 0 saturated carbocycles. The van der Waals surface area contributed by atoms with Crippen molar-refractivity contribution in [2.45, 2.75) is 6.92 Å². The fraction of sp³-hybridized carbons (Fsp3) is 0.529. The molecular formula is C17H26N4O2. The van der Waals surface area contributed by atoms with Gasteiger partial charge in [-0.2, -0.15) is 0 Å². The third-order valence-electron chi connectivity index (χ3n) is 4.12. The maximum absolute atomic E-state index is 12.2. The van der Waals surface area contributed by atoms with Gasteiger partial charge >= 0.3 is 0 Å². The number of nitrogens with zero attached hydrogens (tertiary/aromatic N) is 2. The van der Waals surface area contributed by atoms with Crippen LogP contribution in [0.15, 0.2) is 24.3 Å². The van der Waals surface area contributed by atoms with Gasteiger partial charge in [-0.15, -0.1) is 0 Å². The van der Waals surface area contributed by atoms with Crippen LogP contribution in [0.1, 0.15) is 27.6 Å². The van der Waals surface area contributed by atoms with E-state index in [-0.39, 0.29) is 11.8 Å². The molecule has 0 unspecified atom stereocenters. The average molecular weight is 318 g/mol. The fourth-order valence-electron chi connectivity index (χ4n) is 2.52. The van der Waals surface area contributed by atoms with E-state index >= 15 is 0 Å². The Balaban J connectivity index is 1.87. The monoisotopic (exact) mass is 318 g/mol. The van der Waals surface area contributed by atoms with E-state index in [0.717, 1.165) is 32.7 Å². The summed E-state index contributed by atoms with van der Waals surface area (Å²) in [4.78, 5) is 28.3. The van der Waals surface area contributed by atoms with E-state index in [9.17, 15) is 9.59 Å². The van der Waals surface area contributed by atoms with Gasteiger partial charge in [-0.1, -0.05) is 6.07 Å². The molecule has 2 amide bonds. The van der Waals surface area contributed by atoms with Gasteiger partial charge in [0.15, 0.2) is 0 Å². The third-order valence-corrected chi connectivity index (χ3v) is 4.12. The molecule has 1 heterocycles. The van der Waals surface area contributed by atoms with Gasteiger partial charge in [0, 0.05) is 64.0 Å². The first-order chi connectivity index (χ1) is 11.1. The maximum Gasteiger partial charge on any atom is 0.253 e. The van der Waals surface area contributed by atoms with Crippen molar-refractivity contribution in [1.82, 2.24) is 20.4 Å². The summed E-state index contributed by atoms with van der Waals surface area (Å²) in [5, 5.41) is 6.24. The van der Waals surface area contributed by atoms with Crippen LogP contribution < -0.4 is 10.6 Å². The standard InChI is InChI=1S/C17H26N4O2/c1-3-20(2)17(23)15-6-4-5-14(13-15)16(22)19-9-12-21-10-7-18-8-11-21/h4-6,13,18H,3,7-12H2,1-2H3,(H,19,22). The van der Waals surface area contributed by atoms with Crippen LogP contribution in [0.3, 0.4) is 0 Å². The Labute approximate surface area is 137 Å². The topological polar surface area (TPSA) is 64.7 Å². The molecule has 1 saturated heterocycles. The average Bonchev–Trinajstić information content (AvgIpc) is 2.61. The minimum atomic E-state index is -0.131. The molecule has 6 nitrogen and oxygen atoms in total. The molecule has 1 aromatic rings. The quantitative estimate of drug-likeness (QED) is 0.798. The van der Waals surface area contributed by atoms with Gasteiger partial charge in [-0.05, 0) is 25.1 Å². The molecule has 0 radical (unpaired) electrons. The zero-order chi connectivity index (χ0) is 16.7. The van der Waals surface area contributed by atoms with Crippen molar-refractivity contribution >= 4 is 11.8 Å². The lowest BCUT2D eigenvalue weighted by Gasteiger charge is -2.27. The van der Waals surface area contributed by atoms with Gasteiger partial charge in [-0.3, -0.25) is 14.5 Å². The molecule has 1 aliphatic heterocycles. The molecule has 0 bridgehead atoms. The van der Waals surface area contributed by atoms with Crippen LogP contribution in [0.5, 0.6) is 0 Å². The van der Waals surface area contributed by atoms with Gasteiger partial charge in [0.25, 0.3) is 11.8 Å². The van der Waals surface area contributed by atoms with Crippen LogP contribution in [0, 0.1) is 0 Å². The van der Waals surface area contributed by atoms with E-state index in [0.29, 0.717) is 24.2 Å². The van der Waals surface area contributed by atoms with Crippen molar-refractivity contribution in [2.75, 3.05) is 52.9 Å². The summed E-state index contributed by atoms with van der Waals surface area (Å²) in [5.74, 6) is -0.197. The molecule has 2 N–H and O–H groups in total. The van der Waals surface area contributed by atoms with E-state index < -0.39 is 0 Å². The zero-order valence-corrected chi connectivity index (χ0v) is 14.0. The number of hydrogen-bond donors (Lipinski definition) is 2. The molecule has 1 aliphatic rings. The van der Waals surface area contributed by atoms with Gasteiger partial charge in [0.05, 0.1) is 0 Å². The van der Waals surface area contributed by atoms with Crippen LogP contribution in [0.2, 0.25) is 0 Å². The number of carbonyl (C=O) groups is 2. The summed E-state index contributed by atoms with van der Waals surface area (Å²) >= 11 is 0. The molecule has 1 aromatic carbocycles. The zero-order valence-electron chi connectivity index (χ0n) is 14.0. The second-order valence-electron chi connectivity index (χ2n) is 5.75. The minimum absolute atomic E-state index is 0.0667. The summed E-state index contributed by atoms with van der Waals surface area (Å²) in [6, 6.07) is 6.89. The number of carbonyl (C=O) groups excluding carboxylic acids is 2. The van der Waals surface area contributed by atoms with E-state index in [1.807, 2.05) is 6.92 Å². The lowest BCUT2D eigenvalue weighted by molar-refractivity contribution is 0.0802. The molecule has 2 rings (SSSR count). The van der Waals surface area contributed by atoms with Crippen LogP contribution in [-0.2, 0) is 0 Å². The summed E-state index contributed by atoms with van der Waals surface area (Å²) < 4.78 is 0. The molecular weight excluding hydrogens is 292 g/mol. The van der Waals surface area contributed by atoms with Crippen LogP contribution in [0.25, 0.3) is 0 Å². The number of rotatable bonds is 6. The van der Waals surface area contributed by atoms with E-state index in [1.54, 1.807) is 36.2 Å². The first-order valence-corrected chi connectivity index (χ1v) is 8.18. The SMILES string of the molecule is CCN(C)C(=O)c1cccc(C(=O)NCCN2CCNCC2)c1. The Morgan fingerprint density at radius 3 is 2.65 bits per heavy atom. The predicted octanol–water partition coefficient (Wildman–Crippen LogP) is 0.414. The number of benzene rings is 1.